The predicted molar refractivity (Wildman–Crippen MR) is 88.2 cm³/mol. The van der Waals surface area contributed by atoms with Gasteiger partial charge in [-0.15, -0.1) is 0 Å². The van der Waals surface area contributed by atoms with Gasteiger partial charge in [0.05, 0.1) is 6.10 Å². The van der Waals surface area contributed by atoms with Gasteiger partial charge in [0.25, 0.3) is 0 Å². The van der Waals surface area contributed by atoms with Crippen molar-refractivity contribution in [2.45, 2.75) is 60.0 Å². The molecule has 5 N–H and O–H groups in total. The lowest BCUT2D eigenvalue weighted by molar-refractivity contribution is -0.137. The van der Waals surface area contributed by atoms with E-state index in [0.29, 0.717) is 25.9 Å². The molecule has 0 saturated heterocycles. The summed E-state index contributed by atoms with van der Waals surface area (Å²) in [4.78, 5) is 24.7. The summed E-state index contributed by atoms with van der Waals surface area (Å²) in [6, 6.07) is 0. The van der Waals surface area contributed by atoms with E-state index in [9.17, 15) is 14.7 Å². The highest BCUT2D eigenvalue weighted by Crippen LogP contribution is 2.37. The topological polar surface area (TPSA) is 104 Å². The average molecular weight is 315 g/mol. The minimum absolute atomic E-state index is 0.0658. The van der Waals surface area contributed by atoms with Gasteiger partial charge < -0.3 is 21.5 Å². The summed E-state index contributed by atoms with van der Waals surface area (Å²) in [5, 5.41) is 14.9. The first-order chi connectivity index (χ1) is 10.1. The number of nitrogens with one attached hydrogen (secondary N) is 2. The number of carbonyl (C=O) groups is 2. The van der Waals surface area contributed by atoms with E-state index in [1.165, 1.54) is 0 Å². The Hall–Kier alpha value is -1.14. The predicted octanol–water partition coefficient (Wildman–Crippen LogP) is 0.781. The van der Waals surface area contributed by atoms with Gasteiger partial charge in [0.15, 0.2) is 0 Å². The van der Waals surface area contributed by atoms with Crippen LogP contribution < -0.4 is 16.4 Å². The zero-order valence-electron chi connectivity index (χ0n) is 14.7. The molecule has 0 bridgehead atoms. The molecule has 2 unspecified atom stereocenters. The van der Waals surface area contributed by atoms with Crippen molar-refractivity contribution in [3.63, 3.8) is 0 Å². The number of nitrogens with two attached hydrogens (primary N) is 1. The highest BCUT2D eigenvalue weighted by molar-refractivity contribution is 5.85. The van der Waals surface area contributed by atoms with Crippen LogP contribution in [0.1, 0.15) is 53.9 Å². The van der Waals surface area contributed by atoms with Crippen molar-refractivity contribution in [1.82, 2.24) is 10.6 Å². The quantitative estimate of drug-likeness (QED) is 0.447. The van der Waals surface area contributed by atoms with Crippen molar-refractivity contribution in [3.05, 3.63) is 0 Å². The Labute approximate surface area is 134 Å². The van der Waals surface area contributed by atoms with Crippen LogP contribution >= 0.6 is 0 Å². The molecule has 0 aliphatic carbocycles. The maximum atomic E-state index is 12.4. The van der Waals surface area contributed by atoms with Crippen LogP contribution in [0.2, 0.25) is 0 Å². The van der Waals surface area contributed by atoms with E-state index >= 15 is 0 Å². The van der Waals surface area contributed by atoms with E-state index in [4.69, 9.17) is 5.73 Å². The molecule has 6 heteroatoms. The molecule has 6 nitrogen and oxygen atoms in total. The smallest absolute Gasteiger partial charge is 0.226 e. The van der Waals surface area contributed by atoms with E-state index in [2.05, 4.69) is 10.6 Å². The Morgan fingerprint density at radius 2 is 1.77 bits per heavy atom. The second-order valence-corrected chi connectivity index (χ2v) is 6.93. The molecule has 2 atom stereocenters. The van der Waals surface area contributed by atoms with Gasteiger partial charge in [0.1, 0.15) is 0 Å². The molecule has 0 spiro atoms. The molecular weight excluding hydrogens is 282 g/mol. The summed E-state index contributed by atoms with van der Waals surface area (Å²) in [7, 11) is 0. The Morgan fingerprint density at radius 1 is 1.18 bits per heavy atom. The molecule has 0 aromatic carbocycles. The zero-order chi connectivity index (χ0) is 17.4. The van der Waals surface area contributed by atoms with Crippen molar-refractivity contribution >= 4 is 11.8 Å². The van der Waals surface area contributed by atoms with Crippen molar-refractivity contribution in [2.24, 2.45) is 16.6 Å². The third-order valence-electron chi connectivity index (χ3n) is 4.00. The summed E-state index contributed by atoms with van der Waals surface area (Å²) >= 11 is 0. The van der Waals surface area contributed by atoms with E-state index in [1.807, 2.05) is 27.7 Å². The Morgan fingerprint density at radius 3 is 2.23 bits per heavy atom. The Kier molecular flexibility index (Phi) is 8.63. The fraction of sp³-hybridized carbons (Fsp3) is 0.875. The van der Waals surface area contributed by atoms with E-state index < -0.39 is 16.9 Å². The van der Waals surface area contributed by atoms with Crippen LogP contribution in [0.5, 0.6) is 0 Å². The third-order valence-corrected chi connectivity index (χ3v) is 4.00. The number of rotatable bonds is 10. The van der Waals surface area contributed by atoms with Gasteiger partial charge in [-0.1, -0.05) is 27.7 Å². The maximum Gasteiger partial charge on any atom is 0.226 e. The van der Waals surface area contributed by atoms with Crippen LogP contribution in [0.15, 0.2) is 0 Å². The molecule has 0 heterocycles. The lowest BCUT2D eigenvalue weighted by atomic mass is 9.71. The zero-order valence-corrected chi connectivity index (χ0v) is 14.7. The van der Waals surface area contributed by atoms with Crippen LogP contribution in [-0.4, -0.2) is 42.7 Å². The molecule has 0 saturated carbocycles. The van der Waals surface area contributed by atoms with Crippen LogP contribution in [0.4, 0.5) is 0 Å². The van der Waals surface area contributed by atoms with Gasteiger partial charge in [-0.2, -0.15) is 0 Å². The SMILES string of the molecule is CCC(C)(CC(C)(C)C(=O)NCCCN)C(=O)NCC(C)O. The number of aliphatic hydroxyl groups excluding tert-OH is 1. The summed E-state index contributed by atoms with van der Waals surface area (Å²) in [6.45, 7) is 10.4. The van der Waals surface area contributed by atoms with Crippen LogP contribution in [0, 0.1) is 10.8 Å². The highest BCUT2D eigenvalue weighted by atomic mass is 16.3. The van der Waals surface area contributed by atoms with Gasteiger partial charge in [-0.05, 0) is 32.7 Å². The minimum atomic E-state index is -0.651. The monoisotopic (exact) mass is 315 g/mol. The number of hydrogen-bond acceptors (Lipinski definition) is 4. The molecule has 0 fully saturated rings. The molecule has 0 aliphatic rings. The van der Waals surface area contributed by atoms with E-state index in [0.717, 1.165) is 6.42 Å². The van der Waals surface area contributed by atoms with Crippen LogP contribution in [0.3, 0.4) is 0 Å². The number of hydrogen-bond donors (Lipinski definition) is 4. The Bertz CT molecular complexity index is 370. The molecular formula is C16H33N3O3. The van der Waals surface area contributed by atoms with Crippen molar-refractivity contribution in [3.8, 4) is 0 Å². The van der Waals surface area contributed by atoms with Crippen molar-refractivity contribution < 1.29 is 14.7 Å². The molecule has 2 amide bonds. The largest absolute Gasteiger partial charge is 0.392 e. The number of aliphatic hydroxyl groups is 1. The molecule has 130 valence electrons. The van der Waals surface area contributed by atoms with Gasteiger partial charge in [0, 0.05) is 23.9 Å². The molecule has 0 aliphatic heterocycles. The minimum Gasteiger partial charge on any atom is -0.392 e. The lowest BCUT2D eigenvalue weighted by Crippen LogP contribution is -2.47. The summed E-state index contributed by atoms with van der Waals surface area (Å²) in [5.74, 6) is -0.192. The lowest BCUT2D eigenvalue weighted by Gasteiger charge is -2.35. The molecule has 0 rings (SSSR count). The molecule has 0 radical (unpaired) electrons. The number of amides is 2. The molecule has 0 aromatic heterocycles. The normalized spacial score (nSPS) is 15.8. The van der Waals surface area contributed by atoms with Crippen LogP contribution in [-0.2, 0) is 9.59 Å². The number of carbonyl (C=O) groups excluding carboxylic acids is 2. The first-order valence-electron chi connectivity index (χ1n) is 8.04. The molecule has 22 heavy (non-hydrogen) atoms. The van der Waals surface area contributed by atoms with E-state index in [1.54, 1.807) is 6.92 Å². The van der Waals surface area contributed by atoms with E-state index in [-0.39, 0.29) is 18.4 Å². The average Bonchev–Trinajstić information content (AvgIpc) is 2.44. The van der Waals surface area contributed by atoms with Crippen molar-refractivity contribution in [1.29, 1.82) is 0 Å². The standard InChI is InChI=1S/C16H33N3O3/c1-6-16(5,14(22)19-10-12(2)20)11-15(3,4)13(21)18-9-7-8-17/h12,20H,6-11,17H2,1-5H3,(H,18,21)(H,19,22). The fourth-order valence-electron chi connectivity index (χ4n) is 2.42. The second kappa shape index (κ2) is 9.10. The highest BCUT2D eigenvalue weighted by Gasteiger charge is 2.40. The third kappa shape index (κ3) is 6.75. The first-order valence-corrected chi connectivity index (χ1v) is 8.04. The Balaban J connectivity index is 4.79. The van der Waals surface area contributed by atoms with Gasteiger partial charge in [-0.3, -0.25) is 9.59 Å². The second-order valence-electron chi connectivity index (χ2n) is 6.93. The summed E-state index contributed by atoms with van der Waals surface area (Å²) in [6.07, 6.45) is 1.22. The summed E-state index contributed by atoms with van der Waals surface area (Å²) in [5.41, 5.74) is 4.12. The first kappa shape index (κ1) is 20.9. The van der Waals surface area contributed by atoms with Crippen molar-refractivity contribution in [2.75, 3.05) is 19.6 Å². The summed E-state index contributed by atoms with van der Waals surface area (Å²) < 4.78 is 0. The van der Waals surface area contributed by atoms with Gasteiger partial charge >= 0.3 is 0 Å². The fourth-order valence-corrected chi connectivity index (χ4v) is 2.42. The van der Waals surface area contributed by atoms with Gasteiger partial charge in [-0.25, -0.2) is 0 Å². The van der Waals surface area contributed by atoms with Gasteiger partial charge in [0.2, 0.25) is 11.8 Å². The maximum absolute atomic E-state index is 12.4. The molecule has 0 aromatic rings. The van der Waals surface area contributed by atoms with Crippen LogP contribution in [0.25, 0.3) is 0 Å².